The fourth-order valence-corrected chi connectivity index (χ4v) is 1.87. The Kier molecular flexibility index (Phi) is 4.09. The lowest BCUT2D eigenvalue weighted by Gasteiger charge is -2.29. The Bertz CT molecular complexity index is 399. The van der Waals surface area contributed by atoms with Crippen LogP contribution in [0.25, 0.3) is 0 Å². The normalized spacial score (nSPS) is 15.6. The lowest BCUT2D eigenvalue weighted by atomic mass is 10.3. The van der Waals surface area contributed by atoms with Crippen LogP contribution >= 0.6 is 0 Å². The number of hydrogen-bond donors (Lipinski definition) is 1. The molecule has 0 spiro atoms. The molecule has 1 aliphatic heterocycles. The highest BCUT2D eigenvalue weighted by atomic mass is 16.2. The number of hydrogen-bond acceptors (Lipinski definition) is 5. The highest BCUT2D eigenvalue weighted by Crippen LogP contribution is 2.05. The Morgan fingerprint density at radius 2 is 2.00 bits per heavy atom. The second kappa shape index (κ2) is 5.77. The van der Waals surface area contributed by atoms with Crippen molar-refractivity contribution in [2.45, 2.75) is 6.92 Å². The average Bonchev–Trinajstić information content (AvgIpc) is 2.40. The molecule has 18 heavy (non-hydrogen) atoms. The van der Waals surface area contributed by atoms with Crippen LogP contribution in [-0.2, 0) is 4.79 Å². The predicted molar refractivity (Wildman–Crippen MR) is 69.5 cm³/mol. The van der Waals surface area contributed by atoms with Gasteiger partial charge in [0.05, 0.1) is 6.54 Å². The van der Waals surface area contributed by atoms with Gasteiger partial charge in [0.2, 0.25) is 11.9 Å². The van der Waals surface area contributed by atoms with Crippen LogP contribution < -0.4 is 10.2 Å². The molecule has 1 aromatic rings. The Morgan fingerprint density at radius 3 is 2.61 bits per heavy atom. The van der Waals surface area contributed by atoms with Gasteiger partial charge in [-0.2, -0.15) is 0 Å². The number of piperazine rings is 1. The Hall–Kier alpha value is -1.69. The van der Waals surface area contributed by atoms with Crippen molar-refractivity contribution in [2.24, 2.45) is 0 Å². The van der Waals surface area contributed by atoms with E-state index in [2.05, 4.69) is 15.3 Å². The summed E-state index contributed by atoms with van der Waals surface area (Å²) in [5.41, 5.74) is 1.01. The molecular weight excluding hydrogens is 230 g/mol. The van der Waals surface area contributed by atoms with Crippen LogP contribution in [0.5, 0.6) is 0 Å². The summed E-state index contributed by atoms with van der Waals surface area (Å²) in [5.74, 6) is 0.715. The third-order valence-corrected chi connectivity index (χ3v) is 2.95. The number of carbonyl (C=O) groups is 1. The van der Waals surface area contributed by atoms with Gasteiger partial charge < -0.3 is 15.1 Å². The van der Waals surface area contributed by atoms with Gasteiger partial charge in [0, 0.05) is 45.6 Å². The van der Waals surface area contributed by atoms with Gasteiger partial charge in [-0.3, -0.25) is 4.79 Å². The first-order chi connectivity index (χ1) is 8.66. The van der Waals surface area contributed by atoms with E-state index in [4.69, 9.17) is 0 Å². The van der Waals surface area contributed by atoms with Crippen molar-refractivity contribution in [2.75, 3.05) is 44.7 Å². The number of aryl methyl sites for hydroxylation is 1. The molecule has 1 aliphatic rings. The highest BCUT2D eigenvalue weighted by molar-refractivity contribution is 5.80. The molecule has 1 amide bonds. The number of likely N-dealkylation sites (N-methyl/N-ethyl adjacent to an activating group) is 1. The van der Waals surface area contributed by atoms with E-state index in [0.29, 0.717) is 12.5 Å². The van der Waals surface area contributed by atoms with E-state index in [-0.39, 0.29) is 5.91 Å². The van der Waals surface area contributed by atoms with Crippen LogP contribution in [0.15, 0.2) is 12.4 Å². The fraction of sp³-hybridized carbons (Fsp3) is 0.583. The SMILES string of the molecule is Cc1cnc(N(C)CC(=O)N2CCNCC2)nc1. The minimum atomic E-state index is 0.128. The molecule has 1 fully saturated rings. The van der Waals surface area contributed by atoms with E-state index < -0.39 is 0 Å². The van der Waals surface area contributed by atoms with Crippen LogP contribution in [-0.4, -0.2) is 60.5 Å². The second-order valence-corrected chi connectivity index (χ2v) is 4.55. The summed E-state index contributed by atoms with van der Waals surface area (Å²) < 4.78 is 0. The number of nitrogens with one attached hydrogen (secondary N) is 1. The van der Waals surface area contributed by atoms with Gasteiger partial charge >= 0.3 is 0 Å². The molecule has 98 valence electrons. The molecule has 1 N–H and O–H groups in total. The maximum Gasteiger partial charge on any atom is 0.242 e. The van der Waals surface area contributed by atoms with Crippen LogP contribution in [0.3, 0.4) is 0 Å². The molecule has 0 aliphatic carbocycles. The number of anilines is 1. The number of amides is 1. The van der Waals surface area contributed by atoms with E-state index in [1.807, 2.05) is 18.9 Å². The molecule has 2 rings (SSSR count). The summed E-state index contributed by atoms with van der Waals surface area (Å²) in [5, 5.41) is 3.23. The molecule has 6 heteroatoms. The molecule has 0 saturated carbocycles. The van der Waals surface area contributed by atoms with Crippen molar-refractivity contribution in [3.63, 3.8) is 0 Å². The molecule has 0 bridgehead atoms. The second-order valence-electron chi connectivity index (χ2n) is 4.55. The topological polar surface area (TPSA) is 61.4 Å². The molecule has 0 radical (unpaired) electrons. The Labute approximate surface area is 107 Å². The van der Waals surface area contributed by atoms with E-state index in [0.717, 1.165) is 31.7 Å². The van der Waals surface area contributed by atoms with Crippen molar-refractivity contribution in [3.8, 4) is 0 Å². The van der Waals surface area contributed by atoms with Crippen molar-refractivity contribution in [1.82, 2.24) is 20.2 Å². The molecule has 0 unspecified atom stereocenters. The first kappa shape index (κ1) is 12.8. The Balaban J connectivity index is 1.91. The molecule has 0 atom stereocenters. The minimum absolute atomic E-state index is 0.128. The third-order valence-electron chi connectivity index (χ3n) is 2.95. The van der Waals surface area contributed by atoms with Crippen LogP contribution in [0.2, 0.25) is 0 Å². The number of carbonyl (C=O) groups excluding carboxylic acids is 1. The van der Waals surface area contributed by atoms with Crippen molar-refractivity contribution in [1.29, 1.82) is 0 Å². The van der Waals surface area contributed by atoms with Crippen LogP contribution in [0, 0.1) is 6.92 Å². The maximum absolute atomic E-state index is 12.0. The zero-order chi connectivity index (χ0) is 13.0. The monoisotopic (exact) mass is 249 g/mol. The van der Waals surface area contributed by atoms with E-state index >= 15 is 0 Å². The van der Waals surface area contributed by atoms with Gasteiger partial charge in [0.1, 0.15) is 0 Å². The molecular formula is C12H19N5O. The van der Waals surface area contributed by atoms with Crippen molar-refractivity contribution < 1.29 is 4.79 Å². The summed E-state index contributed by atoms with van der Waals surface area (Å²) in [7, 11) is 1.84. The zero-order valence-corrected chi connectivity index (χ0v) is 10.9. The molecule has 0 aromatic carbocycles. The van der Waals surface area contributed by atoms with Gasteiger partial charge in [-0.1, -0.05) is 0 Å². The summed E-state index contributed by atoms with van der Waals surface area (Å²) in [4.78, 5) is 24.1. The van der Waals surface area contributed by atoms with Gasteiger partial charge in [-0.15, -0.1) is 0 Å². The number of nitrogens with zero attached hydrogens (tertiary/aromatic N) is 4. The van der Waals surface area contributed by atoms with Crippen LogP contribution in [0.1, 0.15) is 5.56 Å². The minimum Gasteiger partial charge on any atom is -0.339 e. The Morgan fingerprint density at radius 1 is 1.39 bits per heavy atom. The molecule has 6 nitrogen and oxygen atoms in total. The highest BCUT2D eigenvalue weighted by Gasteiger charge is 2.18. The standard InChI is InChI=1S/C12H19N5O/c1-10-7-14-12(15-8-10)16(2)9-11(18)17-5-3-13-4-6-17/h7-8,13H,3-6,9H2,1-2H3. The number of aromatic nitrogens is 2. The first-order valence-electron chi connectivity index (χ1n) is 6.15. The van der Waals surface area contributed by atoms with Crippen LogP contribution in [0.4, 0.5) is 5.95 Å². The summed E-state index contributed by atoms with van der Waals surface area (Å²) in [6.45, 7) is 5.56. The van der Waals surface area contributed by atoms with Crippen molar-refractivity contribution >= 4 is 11.9 Å². The lowest BCUT2D eigenvalue weighted by molar-refractivity contribution is -0.130. The van der Waals surface area contributed by atoms with E-state index in [9.17, 15) is 4.79 Å². The third kappa shape index (κ3) is 3.16. The number of rotatable bonds is 3. The van der Waals surface area contributed by atoms with Gasteiger partial charge in [0.15, 0.2) is 0 Å². The largest absolute Gasteiger partial charge is 0.339 e. The summed E-state index contributed by atoms with van der Waals surface area (Å²) in [6.07, 6.45) is 3.52. The average molecular weight is 249 g/mol. The smallest absolute Gasteiger partial charge is 0.242 e. The van der Waals surface area contributed by atoms with Crippen molar-refractivity contribution in [3.05, 3.63) is 18.0 Å². The van der Waals surface area contributed by atoms with Gasteiger partial charge in [-0.05, 0) is 12.5 Å². The quantitative estimate of drug-likeness (QED) is 0.793. The summed E-state index contributed by atoms with van der Waals surface area (Å²) >= 11 is 0. The van der Waals surface area contributed by atoms with Gasteiger partial charge in [-0.25, -0.2) is 9.97 Å². The molecule has 1 aromatic heterocycles. The zero-order valence-electron chi connectivity index (χ0n) is 10.9. The summed E-state index contributed by atoms with van der Waals surface area (Å²) in [6, 6.07) is 0. The van der Waals surface area contributed by atoms with E-state index in [1.165, 1.54) is 0 Å². The van der Waals surface area contributed by atoms with E-state index in [1.54, 1.807) is 17.3 Å². The maximum atomic E-state index is 12.0. The predicted octanol–water partition coefficient (Wildman–Crippen LogP) is -0.347. The molecule has 1 saturated heterocycles. The first-order valence-corrected chi connectivity index (χ1v) is 6.15. The fourth-order valence-electron chi connectivity index (χ4n) is 1.87. The molecule has 2 heterocycles. The van der Waals surface area contributed by atoms with Gasteiger partial charge in [0.25, 0.3) is 0 Å². The lowest BCUT2D eigenvalue weighted by Crippen LogP contribution is -2.49.